The second kappa shape index (κ2) is 11.0. The summed E-state index contributed by atoms with van der Waals surface area (Å²) < 4.78 is 5.94. The normalized spacial score (nSPS) is 16.6. The highest BCUT2D eigenvalue weighted by atomic mass is 32.1. The maximum Gasteiger partial charge on any atom is 0.141 e. The number of ether oxygens (including phenoxy) is 1. The molecule has 2 aromatic carbocycles. The molecule has 0 saturated carbocycles. The smallest absolute Gasteiger partial charge is 0.141 e. The van der Waals surface area contributed by atoms with Gasteiger partial charge in [0.05, 0.1) is 5.39 Å². The van der Waals surface area contributed by atoms with E-state index in [1.807, 2.05) is 41.7 Å². The zero-order valence-corrected chi connectivity index (χ0v) is 21.7. The molecule has 0 unspecified atom stereocenters. The molecule has 2 aromatic heterocycles. The maximum absolute atomic E-state index is 5.94. The average Bonchev–Trinajstić information content (AvgIpc) is 3.10. The summed E-state index contributed by atoms with van der Waals surface area (Å²) in [6.45, 7) is 5.73. The van der Waals surface area contributed by atoms with Crippen molar-refractivity contribution in [3.05, 3.63) is 82.5 Å². The molecule has 1 fully saturated rings. The minimum absolute atomic E-state index is 0.723. The van der Waals surface area contributed by atoms with Gasteiger partial charge in [0.15, 0.2) is 0 Å². The molecule has 6 heteroatoms. The Bertz CT molecular complexity index is 1280. The fourth-order valence-corrected chi connectivity index (χ4v) is 6.71. The van der Waals surface area contributed by atoms with Crippen LogP contribution in [0.2, 0.25) is 0 Å². The second-order valence-corrected chi connectivity index (χ2v) is 10.9. The lowest BCUT2D eigenvalue weighted by Crippen LogP contribution is -2.48. The first-order chi connectivity index (χ1) is 17.8. The summed E-state index contributed by atoms with van der Waals surface area (Å²) in [6, 6.07) is 20.7. The molecule has 0 atom stereocenters. The summed E-state index contributed by atoms with van der Waals surface area (Å²) in [5.74, 6) is 3.06. The molecule has 186 valence electrons. The first kappa shape index (κ1) is 23.4. The van der Waals surface area contributed by atoms with Crippen LogP contribution in [0.1, 0.15) is 41.1 Å². The predicted octanol–water partition coefficient (Wildman–Crippen LogP) is 5.75. The van der Waals surface area contributed by atoms with Gasteiger partial charge in [0.1, 0.15) is 28.8 Å². The fraction of sp³-hybridized carbons (Fsp3) is 0.400. The van der Waals surface area contributed by atoms with E-state index in [1.165, 1.54) is 59.3 Å². The zero-order valence-electron chi connectivity index (χ0n) is 20.9. The van der Waals surface area contributed by atoms with Gasteiger partial charge in [-0.2, -0.15) is 0 Å². The van der Waals surface area contributed by atoms with E-state index in [-0.39, 0.29) is 0 Å². The van der Waals surface area contributed by atoms with E-state index >= 15 is 0 Å². The number of thiophene rings is 1. The molecule has 1 aliphatic heterocycles. The number of aryl methyl sites for hydroxylation is 2. The number of rotatable bonds is 7. The minimum Gasteiger partial charge on any atom is -0.492 e. The lowest BCUT2D eigenvalue weighted by Gasteiger charge is -2.35. The first-order valence-electron chi connectivity index (χ1n) is 13.3. The lowest BCUT2D eigenvalue weighted by atomic mass is 10.1. The van der Waals surface area contributed by atoms with Crippen LogP contribution in [0.5, 0.6) is 5.75 Å². The number of nitrogens with zero attached hydrogens (tertiary/aromatic N) is 4. The Kier molecular flexibility index (Phi) is 7.14. The van der Waals surface area contributed by atoms with Crippen LogP contribution >= 0.6 is 11.3 Å². The van der Waals surface area contributed by atoms with Gasteiger partial charge in [-0.25, -0.2) is 9.97 Å². The van der Waals surface area contributed by atoms with Crippen molar-refractivity contribution in [1.29, 1.82) is 0 Å². The van der Waals surface area contributed by atoms with Crippen LogP contribution in [0, 0.1) is 0 Å². The molecule has 4 aromatic rings. The van der Waals surface area contributed by atoms with Crippen LogP contribution in [0.15, 0.2) is 60.7 Å². The highest BCUT2D eigenvalue weighted by Crippen LogP contribution is 2.39. The minimum atomic E-state index is 0.723. The molecule has 36 heavy (non-hydrogen) atoms. The molecule has 2 aliphatic rings. The Hall–Kier alpha value is -2.96. The zero-order chi connectivity index (χ0) is 24.2. The number of aromatic nitrogens is 2. The summed E-state index contributed by atoms with van der Waals surface area (Å²) >= 11 is 1.92. The number of fused-ring (bicyclic) bond motifs is 3. The maximum atomic E-state index is 5.94. The molecular weight excluding hydrogens is 464 g/mol. The summed E-state index contributed by atoms with van der Waals surface area (Å²) in [4.78, 5) is 18.1. The summed E-state index contributed by atoms with van der Waals surface area (Å²) in [5, 5.41) is 1.34. The SMILES string of the molecule is c1ccc(Cc2nc(N3CCN(CCOc4ccccc4)CC3)c3c4c(sc3n2)CCCCC4)cc1. The summed E-state index contributed by atoms with van der Waals surface area (Å²) in [6.07, 6.45) is 7.04. The Morgan fingerprint density at radius 1 is 0.806 bits per heavy atom. The van der Waals surface area contributed by atoms with Crippen LogP contribution in [-0.2, 0) is 19.3 Å². The fourth-order valence-electron chi connectivity index (χ4n) is 5.44. The molecule has 5 nitrogen and oxygen atoms in total. The third-order valence-corrected chi connectivity index (χ3v) is 8.57. The molecule has 3 heterocycles. The van der Waals surface area contributed by atoms with E-state index < -0.39 is 0 Å². The molecule has 1 saturated heterocycles. The number of benzene rings is 2. The van der Waals surface area contributed by atoms with Gasteiger partial charge in [0, 0.05) is 44.0 Å². The molecule has 0 spiro atoms. The van der Waals surface area contributed by atoms with Crippen molar-refractivity contribution in [2.45, 2.75) is 38.5 Å². The Morgan fingerprint density at radius 3 is 2.36 bits per heavy atom. The number of piperazine rings is 1. The Morgan fingerprint density at radius 2 is 1.56 bits per heavy atom. The van der Waals surface area contributed by atoms with Gasteiger partial charge in [-0.1, -0.05) is 55.0 Å². The van der Waals surface area contributed by atoms with E-state index in [2.05, 4.69) is 40.1 Å². The van der Waals surface area contributed by atoms with Crippen molar-refractivity contribution >= 4 is 27.4 Å². The highest BCUT2D eigenvalue weighted by molar-refractivity contribution is 7.19. The molecule has 6 rings (SSSR count). The van der Waals surface area contributed by atoms with E-state index in [4.69, 9.17) is 14.7 Å². The number of para-hydroxylation sites is 1. The first-order valence-corrected chi connectivity index (χ1v) is 14.2. The molecule has 1 aliphatic carbocycles. The van der Waals surface area contributed by atoms with Crippen LogP contribution in [0.25, 0.3) is 10.2 Å². The average molecular weight is 499 g/mol. The van der Waals surface area contributed by atoms with Crippen LogP contribution in [0.4, 0.5) is 5.82 Å². The standard InChI is InChI=1S/C30H34N4OS/c1-4-10-23(11-5-1)22-27-31-29(28-25-14-8-3-9-15-26(25)36-30(28)32-27)34-18-16-33(17-19-34)20-21-35-24-12-6-2-7-13-24/h1-2,4-7,10-13H,3,8-9,14-22H2. The van der Waals surface area contributed by atoms with Gasteiger partial charge < -0.3 is 9.64 Å². The van der Waals surface area contributed by atoms with E-state index in [9.17, 15) is 0 Å². The van der Waals surface area contributed by atoms with Crippen LogP contribution in [0.3, 0.4) is 0 Å². The molecule has 0 radical (unpaired) electrons. The second-order valence-electron chi connectivity index (χ2n) is 9.86. The third-order valence-electron chi connectivity index (χ3n) is 7.39. The summed E-state index contributed by atoms with van der Waals surface area (Å²) in [7, 11) is 0. The largest absolute Gasteiger partial charge is 0.492 e. The highest BCUT2D eigenvalue weighted by Gasteiger charge is 2.25. The van der Waals surface area contributed by atoms with Gasteiger partial charge in [0.25, 0.3) is 0 Å². The third kappa shape index (κ3) is 5.25. The van der Waals surface area contributed by atoms with E-state index in [1.54, 1.807) is 4.88 Å². The van der Waals surface area contributed by atoms with Crippen LogP contribution in [-0.4, -0.2) is 54.2 Å². The molecule has 0 amide bonds. The van der Waals surface area contributed by atoms with Gasteiger partial charge in [0.2, 0.25) is 0 Å². The lowest BCUT2D eigenvalue weighted by molar-refractivity contribution is 0.200. The predicted molar refractivity (Wildman–Crippen MR) is 149 cm³/mol. The van der Waals surface area contributed by atoms with Gasteiger partial charge >= 0.3 is 0 Å². The van der Waals surface area contributed by atoms with Crippen molar-refractivity contribution < 1.29 is 4.74 Å². The van der Waals surface area contributed by atoms with Gasteiger partial charge in [-0.05, 0) is 48.9 Å². The van der Waals surface area contributed by atoms with Crippen molar-refractivity contribution in [3.8, 4) is 5.75 Å². The molecular formula is C30H34N4OS. The van der Waals surface area contributed by atoms with Crippen LogP contribution < -0.4 is 9.64 Å². The monoisotopic (exact) mass is 498 g/mol. The number of hydrogen-bond acceptors (Lipinski definition) is 6. The Labute approximate surface area is 217 Å². The molecule has 0 N–H and O–H groups in total. The van der Waals surface area contributed by atoms with Crippen molar-refractivity contribution in [2.24, 2.45) is 0 Å². The van der Waals surface area contributed by atoms with Gasteiger partial charge in [-0.15, -0.1) is 11.3 Å². The van der Waals surface area contributed by atoms with Gasteiger partial charge in [-0.3, -0.25) is 4.90 Å². The van der Waals surface area contributed by atoms with Crippen molar-refractivity contribution in [3.63, 3.8) is 0 Å². The van der Waals surface area contributed by atoms with Crippen molar-refractivity contribution in [1.82, 2.24) is 14.9 Å². The van der Waals surface area contributed by atoms with E-state index in [0.29, 0.717) is 0 Å². The molecule has 0 bridgehead atoms. The number of hydrogen-bond donors (Lipinski definition) is 0. The Balaban J connectivity index is 1.21. The summed E-state index contributed by atoms with van der Waals surface area (Å²) in [5.41, 5.74) is 2.80. The van der Waals surface area contributed by atoms with Crippen molar-refractivity contribution in [2.75, 3.05) is 44.2 Å². The topological polar surface area (TPSA) is 41.5 Å². The van der Waals surface area contributed by atoms with E-state index in [0.717, 1.165) is 57.3 Å². The number of anilines is 1. The quantitative estimate of drug-likeness (QED) is 0.304.